The van der Waals surface area contributed by atoms with E-state index >= 15 is 0 Å². The first-order valence-electron chi connectivity index (χ1n) is 7.85. The predicted octanol–water partition coefficient (Wildman–Crippen LogP) is 2.74. The maximum atomic E-state index is 4.59. The molecule has 3 rings (SSSR count). The van der Waals surface area contributed by atoms with Gasteiger partial charge >= 0.3 is 0 Å². The van der Waals surface area contributed by atoms with Crippen LogP contribution in [0.2, 0.25) is 0 Å². The van der Waals surface area contributed by atoms with Crippen molar-refractivity contribution in [1.29, 1.82) is 0 Å². The van der Waals surface area contributed by atoms with E-state index in [1.807, 2.05) is 32.6 Å². The second kappa shape index (κ2) is 7.15. The Balaban J connectivity index is 1.57. The summed E-state index contributed by atoms with van der Waals surface area (Å²) in [7, 11) is 1.92. The fourth-order valence-electron chi connectivity index (χ4n) is 3.09. The minimum Gasteiger partial charge on any atom is -0.365 e. The van der Waals surface area contributed by atoms with Crippen molar-refractivity contribution in [3.8, 4) is 0 Å². The molecular formula is C16H23N5S. The fourth-order valence-corrected chi connectivity index (χ4v) is 3.90. The molecule has 1 aliphatic rings. The largest absolute Gasteiger partial charge is 0.365 e. The van der Waals surface area contributed by atoms with E-state index in [9.17, 15) is 0 Å². The van der Waals surface area contributed by atoms with Gasteiger partial charge in [0.2, 0.25) is 0 Å². The third-order valence-corrected chi connectivity index (χ3v) is 5.05. The highest BCUT2D eigenvalue weighted by molar-refractivity contribution is 7.15. The van der Waals surface area contributed by atoms with Crippen molar-refractivity contribution in [2.24, 2.45) is 5.92 Å². The van der Waals surface area contributed by atoms with Crippen molar-refractivity contribution < 1.29 is 0 Å². The van der Waals surface area contributed by atoms with Crippen LogP contribution < -0.4 is 5.32 Å². The Labute approximate surface area is 135 Å². The van der Waals surface area contributed by atoms with Crippen LogP contribution in [0, 0.1) is 12.8 Å². The molecule has 0 aliphatic carbocycles. The molecule has 22 heavy (non-hydrogen) atoms. The number of hydrogen-bond donors (Lipinski definition) is 1. The maximum absolute atomic E-state index is 4.59. The summed E-state index contributed by atoms with van der Waals surface area (Å²) in [5, 5.41) is 4.10. The summed E-state index contributed by atoms with van der Waals surface area (Å²) in [6.45, 7) is 5.34. The number of anilines is 1. The first-order chi connectivity index (χ1) is 10.7. The second-order valence-corrected chi connectivity index (χ2v) is 7.10. The minimum atomic E-state index is 0.682. The Hall–Kier alpha value is -1.53. The Morgan fingerprint density at radius 3 is 3.05 bits per heavy atom. The van der Waals surface area contributed by atoms with Crippen LogP contribution in [-0.2, 0) is 13.0 Å². The number of nitrogens with zero attached hydrogens (tertiary/aromatic N) is 4. The van der Waals surface area contributed by atoms with Crippen LogP contribution in [0.4, 0.5) is 5.13 Å². The second-order valence-electron chi connectivity index (χ2n) is 5.98. The standard InChI is InChI=1S/C16H23N5S/c1-12-7-18-8-14(20-12)6-13-4-3-5-21(10-13)11-15-9-19-16(17-2)22-15/h7-9,13H,3-6,10-11H2,1-2H3,(H,17,19). The Morgan fingerprint density at radius 1 is 1.36 bits per heavy atom. The Morgan fingerprint density at radius 2 is 2.27 bits per heavy atom. The van der Waals surface area contributed by atoms with Crippen LogP contribution >= 0.6 is 11.3 Å². The normalized spacial score (nSPS) is 19.3. The zero-order valence-corrected chi connectivity index (χ0v) is 14.1. The lowest BCUT2D eigenvalue weighted by molar-refractivity contribution is 0.167. The van der Waals surface area contributed by atoms with Crippen molar-refractivity contribution in [3.63, 3.8) is 0 Å². The molecule has 6 heteroatoms. The summed E-state index contributed by atoms with van der Waals surface area (Å²) in [5.41, 5.74) is 2.14. The summed E-state index contributed by atoms with van der Waals surface area (Å²) >= 11 is 1.75. The van der Waals surface area contributed by atoms with Crippen LogP contribution in [0.15, 0.2) is 18.6 Å². The minimum absolute atomic E-state index is 0.682. The van der Waals surface area contributed by atoms with Gasteiger partial charge in [-0.25, -0.2) is 4.98 Å². The molecule has 5 nitrogen and oxygen atoms in total. The molecule has 118 valence electrons. The van der Waals surface area contributed by atoms with Gasteiger partial charge in [0, 0.05) is 43.6 Å². The zero-order chi connectivity index (χ0) is 15.4. The van der Waals surface area contributed by atoms with Crippen molar-refractivity contribution in [2.75, 3.05) is 25.5 Å². The summed E-state index contributed by atoms with van der Waals surface area (Å²) in [6, 6.07) is 0. The van der Waals surface area contributed by atoms with Gasteiger partial charge in [-0.3, -0.25) is 14.9 Å². The molecule has 2 aromatic rings. The number of nitrogens with one attached hydrogen (secondary N) is 1. The molecule has 0 saturated carbocycles. The molecule has 1 atom stereocenters. The zero-order valence-electron chi connectivity index (χ0n) is 13.2. The van der Waals surface area contributed by atoms with Gasteiger partial charge in [0.1, 0.15) is 0 Å². The molecule has 0 bridgehead atoms. The van der Waals surface area contributed by atoms with E-state index in [0.29, 0.717) is 5.92 Å². The molecule has 1 N–H and O–H groups in total. The van der Waals surface area contributed by atoms with Crippen LogP contribution in [0.25, 0.3) is 0 Å². The van der Waals surface area contributed by atoms with Gasteiger partial charge in [-0.05, 0) is 38.6 Å². The predicted molar refractivity (Wildman–Crippen MR) is 90.1 cm³/mol. The number of thiazole rings is 1. The number of hydrogen-bond acceptors (Lipinski definition) is 6. The molecule has 1 saturated heterocycles. The number of likely N-dealkylation sites (tertiary alicyclic amines) is 1. The van der Waals surface area contributed by atoms with Gasteiger partial charge in [-0.2, -0.15) is 0 Å². The van der Waals surface area contributed by atoms with Gasteiger partial charge in [-0.1, -0.05) is 0 Å². The van der Waals surface area contributed by atoms with E-state index in [0.717, 1.165) is 36.0 Å². The van der Waals surface area contributed by atoms with Crippen LogP contribution in [0.3, 0.4) is 0 Å². The summed E-state index contributed by atoms with van der Waals surface area (Å²) < 4.78 is 0. The van der Waals surface area contributed by atoms with E-state index in [2.05, 4.69) is 25.2 Å². The average molecular weight is 317 g/mol. The highest BCUT2D eigenvalue weighted by atomic mass is 32.1. The van der Waals surface area contributed by atoms with Gasteiger partial charge in [0.15, 0.2) is 5.13 Å². The first-order valence-corrected chi connectivity index (χ1v) is 8.67. The van der Waals surface area contributed by atoms with E-state index in [4.69, 9.17) is 0 Å². The van der Waals surface area contributed by atoms with Crippen molar-refractivity contribution in [1.82, 2.24) is 19.9 Å². The Bertz CT molecular complexity index is 612. The molecular weight excluding hydrogens is 294 g/mol. The molecule has 1 aliphatic heterocycles. The molecule has 1 unspecified atom stereocenters. The Kier molecular flexibility index (Phi) is 5.00. The summed E-state index contributed by atoms with van der Waals surface area (Å²) in [6.07, 6.45) is 9.31. The highest BCUT2D eigenvalue weighted by Gasteiger charge is 2.21. The van der Waals surface area contributed by atoms with Crippen molar-refractivity contribution >= 4 is 16.5 Å². The molecule has 3 heterocycles. The van der Waals surface area contributed by atoms with Gasteiger partial charge < -0.3 is 5.32 Å². The van der Waals surface area contributed by atoms with E-state index in [-0.39, 0.29) is 0 Å². The third-order valence-electron chi connectivity index (χ3n) is 4.05. The highest BCUT2D eigenvalue weighted by Crippen LogP contribution is 2.24. The molecule has 0 amide bonds. The third kappa shape index (κ3) is 4.01. The molecule has 0 spiro atoms. The lowest BCUT2D eigenvalue weighted by Crippen LogP contribution is -2.35. The lowest BCUT2D eigenvalue weighted by Gasteiger charge is -2.32. The lowest BCUT2D eigenvalue weighted by atomic mass is 9.93. The van der Waals surface area contributed by atoms with Crippen molar-refractivity contribution in [3.05, 3.63) is 34.9 Å². The quantitative estimate of drug-likeness (QED) is 0.919. The first kappa shape index (κ1) is 15.4. The number of aromatic nitrogens is 3. The molecule has 2 aromatic heterocycles. The smallest absolute Gasteiger partial charge is 0.182 e. The SMILES string of the molecule is CNc1ncc(CN2CCCC(Cc3cncc(C)n3)C2)s1. The summed E-state index contributed by atoms with van der Waals surface area (Å²) in [5.74, 6) is 0.682. The fraction of sp³-hybridized carbons (Fsp3) is 0.562. The summed E-state index contributed by atoms with van der Waals surface area (Å²) in [4.78, 5) is 17.1. The molecule has 0 aromatic carbocycles. The van der Waals surface area contributed by atoms with E-state index < -0.39 is 0 Å². The van der Waals surface area contributed by atoms with Crippen LogP contribution in [0.1, 0.15) is 29.1 Å². The maximum Gasteiger partial charge on any atom is 0.182 e. The van der Waals surface area contributed by atoms with Crippen molar-refractivity contribution in [2.45, 2.75) is 32.7 Å². The van der Waals surface area contributed by atoms with Gasteiger partial charge in [0.05, 0.1) is 11.4 Å². The van der Waals surface area contributed by atoms with Crippen LogP contribution in [0.5, 0.6) is 0 Å². The van der Waals surface area contributed by atoms with Gasteiger partial charge in [0.25, 0.3) is 0 Å². The number of aryl methyl sites for hydroxylation is 1. The molecule has 1 fully saturated rings. The topological polar surface area (TPSA) is 53.9 Å². The van der Waals surface area contributed by atoms with Crippen LogP contribution in [-0.4, -0.2) is 40.0 Å². The molecule has 0 radical (unpaired) electrons. The van der Waals surface area contributed by atoms with Gasteiger partial charge in [-0.15, -0.1) is 11.3 Å². The number of rotatable bonds is 5. The monoisotopic (exact) mass is 317 g/mol. The number of piperidine rings is 1. The van der Waals surface area contributed by atoms with E-state index in [1.54, 1.807) is 11.3 Å². The average Bonchev–Trinajstić information content (AvgIpc) is 2.95. The van der Waals surface area contributed by atoms with E-state index in [1.165, 1.54) is 24.3 Å².